The average molecular weight is 267 g/mol. The van der Waals surface area contributed by atoms with E-state index in [-0.39, 0.29) is 6.10 Å². The van der Waals surface area contributed by atoms with Crippen molar-refractivity contribution in [3.05, 3.63) is 0 Å². The minimum atomic E-state index is -0.0153. The van der Waals surface area contributed by atoms with Crippen molar-refractivity contribution in [2.24, 2.45) is 17.3 Å². The molecule has 0 radical (unpaired) electrons. The predicted octanol–water partition coefficient (Wildman–Crippen LogP) is 3.73. The van der Waals surface area contributed by atoms with E-state index in [2.05, 4.69) is 26.1 Å². The SMILES string of the molecule is CC(C)(C)C1CCC(NCC2CCC(O)CC2)CC1. The second kappa shape index (κ2) is 6.58. The second-order valence-electron chi connectivity index (χ2n) is 8.00. The number of aliphatic hydroxyl groups excluding tert-OH is 1. The summed E-state index contributed by atoms with van der Waals surface area (Å²) in [5.41, 5.74) is 0.491. The normalized spacial score (nSPS) is 37.3. The topological polar surface area (TPSA) is 32.3 Å². The number of hydrogen-bond donors (Lipinski definition) is 2. The molecule has 0 aromatic rings. The Morgan fingerprint density at radius 2 is 1.47 bits per heavy atom. The fraction of sp³-hybridized carbons (Fsp3) is 1.00. The van der Waals surface area contributed by atoms with E-state index in [1.165, 1.54) is 45.1 Å². The Bertz CT molecular complexity index is 255. The molecule has 0 atom stereocenters. The van der Waals surface area contributed by atoms with Gasteiger partial charge < -0.3 is 10.4 Å². The van der Waals surface area contributed by atoms with E-state index in [0.717, 1.165) is 30.7 Å². The number of nitrogens with one attached hydrogen (secondary N) is 1. The van der Waals surface area contributed by atoms with Crippen molar-refractivity contribution >= 4 is 0 Å². The van der Waals surface area contributed by atoms with Crippen LogP contribution in [0.5, 0.6) is 0 Å². The first-order valence-corrected chi connectivity index (χ1v) is 8.36. The minimum Gasteiger partial charge on any atom is -0.393 e. The highest BCUT2D eigenvalue weighted by Gasteiger charge is 2.29. The summed E-state index contributed by atoms with van der Waals surface area (Å²) in [7, 11) is 0. The van der Waals surface area contributed by atoms with Gasteiger partial charge in [-0.3, -0.25) is 0 Å². The van der Waals surface area contributed by atoms with E-state index in [9.17, 15) is 5.11 Å². The molecule has 2 heteroatoms. The third-order valence-electron chi connectivity index (χ3n) is 5.46. The van der Waals surface area contributed by atoms with Gasteiger partial charge in [0.2, 0.25) is 0 Å². The molecule has 2 N–H and O–H groups in total. The molecule has 2 aliphatic rings. The Morgan fingerprint density at radius 1 is 0.895 bits per heavy atom. The van der Waals surface area contributed by atoms with Crippen molar-refractivity contribution < 1.29 is 5.11 Å². The lowest BCUT2D eigenvalue weighted by atomic mass is 9.71. The average Bonchev–Trinajstić information content (AvgIpc) is 2.37. The van der Waals surface area contributed by atoms with Gasteiger partial charge in [0, 0.05) is 6.04 Å². The van der Waals surface area contributed by atoms with Gasteiger partial charge in [-0.2, -0.15) is 0 Å². The fourth-order valence-corrected chi connectivity index (χ4v) is 3.85. The van der Waals surface area contributed by atoms with Crippen LogP contribution >= 0.6 is 0 Å². The summed E-state index contributed by atoms with van der Waals surface area (Å²) < 4.78 is 0. The maximum Gasteiger partial charge on any atom is 0.0540 e. The van der Waals surface area contributed by atoms with Gasteiger partial charge in [0.1, 0.15) is 0 Å². The standard InChI is InChI=1S/C17H33NO/c1-17(2,3)14-6-8-15(9-7-14)18-12-13-4-10-16(19)11-5-13/h13-16,18-19H,4-12H2,1-3H3. The molecule has 0 saturated heterocycles. The van der Waals surface area contributed by atoms with Crippen LogP contribution in [0.15, 0.2) is 0 Å². The van der Waals surface area contributed by atoms with Gasteiger partial charge in [-0.05, 0) is 75.2 Å². The monoisotopic (exact) mass is 267 g/mol. The van der Waals surface area contributed by atoms with Crippen molar-refractivity contribution in [3.8, 4) is 0 Å². The van der Waals surface area contributed by atoms with E-state index < -0.39 is 0 Å². The molecule has 0 amide bonds. The number of hydrogen-bond acceptors (Lipinski definition) is 2. The van der Waals surface area contributed by atoms with E-state index >= 15 is 0 Å². The fourth-order valence-electron chi connectivity index (χ4n) is 3.85. The summed E-state index contributed by atoms with van der Waals surface area (Å²) in [4.78, 5) is 0. The van der Waals surface area contributed by atoms with Crippen LogP contribution in [0.25, 0.3) is 0 Å². The highest BCUT2D eigenvalue weighted by Crippen LogP contribution is 2.37. The smallest absolute Gasteiger partial charge is 0.0540 e. The maximum atomic E-state index is 9.53. The van der Waals surface area contributed by atoms with Gasteiger partial charge in [-0.25, -0.2) is 0 Å². The van der Waals surface area contributed by atoms with Crippen LogP contribution in [0.1, 0.15) is 72.1 Å². The third-order valence-corrected chi connectivity index (χ3v) is 5.46. The highest BCUT2D eigenvalue weighted by molar-refractivity contribution is 4.84. The molecular formula is C17H33NO. The molecule has 2 rings (SSSR count). The van der Waals surface area contributed by atoms with E-state index in [0.29, 0.717) is 5.41 Å². The van der Waals surface area contributed by atoms with Crippen LogP contribution in [0, 0.1) is 17.3 Å². The first-order chi connectivity index (χ1) is 8.95. The first kappa shape index (κ1) is 15.3. The molecule has 2 nitrogen and oxygen atoms in total. The van der Waals surface area contributed by atoms with Crippen LogP contribution in [-0.4, -0.2) is 23.8 Å². The minimum absolute atomic E-state index is 0.0153. The van der Waals surface area contributed by atoms with E-state index in [1.807, 2.05) is 0 Å². The summed E-state index contributed by atoms with van der Waals surface area (Å²) in [6, 6.07) is 0.755. The van der Waals surface area contributed by atoms with Crippen LogP contribution < -0.4 is 5.32 Å². The van der Waals surface area contributed by atoms with Crippen molar-refractivity contribution in [3.63, 3.8) is 0 Å². The quantitative estimate of drug-likeness (QED) is 0.816. The third kappa shape index (κ3) is 4.75. The molecule has 112 valence electrons. The predicted molar refractivity (Wildman–Crippen MR) is 81.2 cm³/mol. The van der Waals surface area contributed by atoms with E-state index in [1.54, 1.807) is 0 Å². The molecule has 2 fully saturated rings. The molecule has 0 unspecified atom stereocenters. The number of aliphatic hydroxyl groups is 1. The molecule has 0 spiro atoms. The molecular weight excluding hydrogens is 234 g/mol. The zero-order chi connectivity index (χ0) is 13.9. The summed E-state index contributed by atoms with van der Waals surface area (Å²) in [6.45, 7) is 8.34. The summed E-state index contributed by atoms with van der Waals surface area (Å²) in [5, 5.41) is 13.3. The van der Waals surface area contributed by atoms with Crippen LogP contribution in [-0.2, 0) is 0 Å². The lowest BCUT2D eigenvalue weighted by molar-refractivity contribution is 0.105. The Balaban J connectivity index is 1.63. The van der Waals surface area contributed by atoms with Crippen molar-refractivity contribution in [2.45, 2.75) is 84.3 Å². The zero-order valence-electron chi connectivity index (χ0n) is 13.1. The van der Waals surface area contributed by atoms with Gasteiger partial charge in [-0.15, -0.1) is 0 Å². The zero-order valence-corrected chi connectivity index (χ0v) is 13.1. The molecule has 0 heterocycles. The molecule has 0 bridgehead atoms. The Kier molecular flexibility index (Phi) is 5.30. The lowest BCUT2D eigenvalue weighted by Crippen LogP contribution is -2.39. The summed E-state index contributed by atoms with van der Waals surface area (Å²) >= 11 is 0. The van der Waals surface area contributed by atoms with Gasteiger partial charge in [0.15, 0.2) is 0 Å². The van der Waals surface area contributed by atoms with E-state index in [4.69, 9.17) is 0 Å². The molecule has 2 saturated carbocycles. The van der Waals surface area contributed by atoms with Crippen molar-refractivity contribution in [1.29, 1.82) is 0 Å². The number of rotatable bonds is 3. The van der Waals surface area contributed by atoms with Crippen molar-refractivity contribution in [2.75, 3.05) is 6.54 Å². The largest absolute Gasteiger partial charge is 0.393 e. The Labute approximate surface area is 119 Å². The Hall–Kier alpha value is -0.0800. The van der Waals surface area contributed by atoms with Crippen LogP contribution in [0.4, 0.5) is 0 Å². The Morgan fingerprint density at radius 3 is 2.00 bits per heavy atom. The maximum absolute atomic E-state index is 9.53. The van der Waals surface area contributed by atoms with Crippen LogP contribution in [0.2, 0.25) is 0 Å². The molecule has 2 aliphatic carbocycles. The first-order valence-electron chi connectivity index (χ1n) is 8.36. The van der Waals surface area contributed by atoms with Crippen LogP contribution in [0.3, 0.4) is 0 Å². The highest BCUT2D eigenvalue weighted by atomic mass is 16.3. The van der Waals surface area contributed by atoms with Gasteiger partial charge in [0.05, 0.1) is 6.10 Å². The lowest BCUT2D eigenvalue weighted by Gasteiger charge is -2.38. The van der Waals surface area contributed by atoms with Gasteiger partial charge >= 0.3 is 0 Å². The van der Waals surface area contributed by atoms with Crippen molar-refractivity contribution in [1.82, 2.24) is 5.32 Å². The molecule has 0 aromatic heterocycles. The molecule has 19 heavy (non-hydrogen) atoms. The van der Waals surface area contributed by atoms with Gasteiger partial charge in [-0.1, -0.05) is 20.8 Å². The molecule has 0 aromatic carbocycles. The van der Waals surface area contributed by atoms with Gasteiger partial charge in [0.25, 0.3) is 0 Å². The summed E-state index contributed by atoms with van der Waals surface area (Å²) in [5.74, 6) is 1.72. The molecule has 0 aliphatic heterocycles. The summed E-state index contributed by atoms with van der Waals surface area (Å²) in [6.07, 6.45) is 9.95. The second-order valence-corrected chi connectivity index (χ2v) is 8.00.